The summed E-state index contributed by atoms with van der Waals surface area (Å²) < 4.78 is 5.52. The number of likely N-dealkylation sites (tertiary alicyclic amines) is 2. The zero-order valence-electron chi connectivity index (χ0n) is 22.7. The molecule has 0 saturated carbocycles. The summed E-state index contributed by atoms with van der Waals surface area (Å²) in [6, 6.07) is 21.6. The minimum atomic E-state index is -1.19. The lowest BCUT2D eigenvalue weighted by Gasteiger charge is -2.60. The van der Waals surface area contributed by atoms with E-state index in [1.165, 1.54) is 0 Å². The topological polar surface area (TPSA) is 116 Å². The Morgan fingerprint density at radius 1 is 0.878 bits per heavy atom. The van der Waals surface area contributed by atoms with E-state index in [0.717, 1.165) is 22.3 Å². The van der Waals surface area contributed by atoms with Crippen molar-refractivity contribution in [2.75, 3.05) is 32.8 Å². The molecule has 0 unspecified atom stereocenters. The van der Waals surface area contributed by atoms with Crippen molar-refractivity contribution >= 4 is 23.9 Å². The van der Waals surface area contributed by atoms with E-state index in [2.05, 4.69) is 5.32 Å². The average Bonchev–Trinajstić information content (AvgIpc) is 3.23. The van der Waals surface area contributed by atoms with Gasteiger partial charge in [-0.2, -0.15) is 0 Å². The van der Waals surface area contributed by atoms with Gasteiger partial charge < -0.3 is 25.0 Å². The molecule has 9 heteroatoms. The Bertz CT molecular complexity index is 1470. The lowest BCUT2D eigenvalue weighted by Crippen LogP contribution is -2.73. The summed E-state index contributed by atoms with van der Waals surface area (Å²) in [6.45, 7) is 4.29. The van der Waals surface area contributed by atoms with Gasteiger partial charge in [0.25, 0.3) is 5.91 Å². The van der Waals surface area contributed by atoms with Crippen LogP contribution in [0.3, 0.4) is 0 Å². The number of carboxylic acids is 1. The molecule has 41 heavy (non-hydrogen) atoms. The van der Waals surface area contributed by atoms with Crippen LogP contribution in [0.4, 0.5) is 4.79 Å². The molecular formula is C32H31N3O6. The molecule has 2 heterocycles. The summed E-state index contributed by atoms with van der Waals surface area (Å²) in [6.07, 6.45) is -0.751. The number of hydrogen-bond acceptors (Lipinski definition) is 5. The summed E-state index contributed by atoms with van der Waals surface area (Å²) in [5, 5.41) is 12.2. The molecule has 3 aliphatic rings. The highest BCUT2D eigenvalue weighted by Gasteiger charge is 2.53. The zero-order chi connectivity index (χ0) is 28.7. The van der Waals surface area contributed by atoms with E-state index in [1.54, 1.807) is 41.0 Å². The lowest BCUT2D eigenvalue weighted by molar-refractivity contribution is -0.152. The van der Waals surface area contributed by atoms with Crippen LogP contribution in [0.15, 0.2) is 72.8 Å². The van der Waals surface area contributed by atoms with Gasteiger partial charge in [-0.15, -0.1) is 0 Å². The van der Waals surface area contributed by atoms with Crippen LogP contribution in [0.5, 0.6) is 0 Å². The maximum Gasteiger partial charge on any atom is 0.407 e. The maximum atomic E-state index is 12.9. The van der Waals surface area contributed by atoms with Crippen molar-refractivity contribution in [2.45, 2.75) is 25.3 Å². The molecule has 3 aromatic rings. The highest BCUT2D eigenvalue weighted by molar-refractivity contribution is 5.95. The largest absolute Gasteiger partial charge is 0.480 e. The van der Waals surface area contributed by atoms with E-state index in [0.29, 0.717) is 37.3 Å². The van der Waals surface area contributed by atoms with Gasteiger partial charge in [-0.25, -0.2) is 9.59 Å². The number of ether oxygens (including phenoxy) is 1. The van der Waals surface area contributed by atoms with Crippen LogP contribution in [0.2, 0.25) is 0 Å². The van der Waals surface area contributed by atoms with E-state index in [9.17, 15) is 24.3 Å². The molecule has 3 aromatic carbocycles. The van der Waals surface area contributed by atoms with Gasteiger partial charge in [-0.1, -0.05) is 60.7 Å². The SMILES string of the molecule is CC(=O)N1CC2(C1)CN(C(=O)c1ccc(C[C@H](NC(=O)OCC3c4ccccc4-c4ccccc43)C(=O)O)cc1)C2. The van der Waals surface area contributed by atoms with Gasteiger partial charge in [-0.05, 0) is 39.9 Å². The molecule has 0 radical (unpaired) electrons. The predicted molar refractivity (Wildman–Crippen MR) is 150 cm³/mol. The third-order valence-electron chi connectivity index (χ3n) is 8.41. The van der Waals surface area contributed by atoms with Crippen molar-refractivity contribution in [2.24, 2.45) is 5.41 Å². The molecule has 210 valence electrons. The fourth-order valence-corrected chi connectivity index (χ4v) is 6.28. The van der Waals surface area contributed by atoms with Gasteiger partial charge in [-0.3, -0.25) is 9.59 Å². The first-order valence-electron chi connectivity index (χ1n) is 13.7. The summed E-state index contributed by atoms with van der Waals surface area (Å²) in [5.41, 5.74) is 5.58. The number of benzene rings is 3. The molecule has 2 N–H and O–H groups in total. The van der Waals surface area contributed by atoms with Crippen molar-refractivity contribution in [3.63, 3.8) is 0 Å². The van der Waals surface area contributed by atoms with Crippen LogP contribution in [0.25, 0.3) is 11.1 Å². The second kappa shape index (κ2) is 10.4. The Hall–Kier alpha value is -4.66. The first-order chi connectivity index (χ1) is 19.7. The van der Waals surface area contributed by atoms with E-state index in [-0.39, 0.29) is 36.2 Å². The fourth-order valence-electron chi connectivity index (χ4n) is 6.28. The van der Waals surface area contributed by atoms with Crippen molar-refractivity contribution in [1.29, 1.82) is 0 Å². The molecule has 1 aliphatic carbocycles. The van der Waals surface area contributed by atoms with E-state index in [1.807, 2.05) is 48.5 Å². The van der Waals surface area contributed by atoms with Crippen LogP contribution in [-0.4, -0.2) is 77.6 Å². The van der Waals surface area contributed by atoms with Crippen molar-refractivity contribution in [3.05, 3.63) is 95.1 Å². The number of nitrogens with one attached hydrogen (secondary N) is 1. The quantitative estimate of drug-likeness (QED) is 0.463. The number of alkyl carbamates (subject to hydrolysis) is 1. The molecule has 2 aliphatic heterocycles. The average molecular weight is 554 g/mol. The van der Waals surface area contributed by atoms with Gasteiger partial charge in [0.15, 0.2) is 0 Å². The third-order valence-corrected chi connectivity index (χ3v) is 8.41. The van der Waals surface area contributed by atoms with Crippen LogP contribution in [0, 0.1) is 5.41 Å². The van der Waals surface area contributed by atoms with Crippen molar-refractivity contribution < 1.29 is 29.0 Å². The zero-order valence-corrected chi connectivity index (χ0v) is 22.7. The highest BCUT2D eigenvalue weighted by atomic mass is 16.5. The van der Waals surface area contributed by atoms with Crippen LogP contribution < -0.4 is 5.32 Å². The third kappa shape index (κ3) is 5.03. The van der Waals surface area contributed by atoms with Crippen LogP contribution >= 0.6 is 0 Å². The van der Waals surface area contributed by atoms with Crippen LogP contribution in [0.1, 0.15) is 39.9 Å². The van der Waals surface area contributed by atoms with Crippen molar-refractivity contribution in [1.82, 2.24) is 15.1 Å². The molecule has 3 amide bonds. The highest BCUT2D eigenvalue weighted by Crippen LogP contribution is 2.44. The number of rotatable bonds is 7. The van der Waals surface area contributed by atoms with E-state index < -0.39 is 18.1 Å². The molecule has 2 saturated heterocycles. The Morgan fingerprint density at radius 3 is 2.00 bits per heavy atom. The molecule has 0 bridgehead atoms. The number of fused-ring (bicyclic) bond motifs is 3. The second-order valence-electron chi connectivity index (χ2n) is 11.3. The minimum absolute atomic E-state index is 0.0286. The number of amides is 3. The molecule has 2 fully saturated rings. The number of hydrogen-bond donors (Lipinski definition) is 2. The Labute approximate surface area is 237 Å². The molecule has 1 spiro atoms. The van der Waals surface area contributed by atoms with Gasteiger partial charge >= 0.3 is 12.1 Å². The first kappa shape index (κ1) is 26.6. The molecule has 1 atom stereocenters. The minimum Gasteiger partial charge on any atom is -0.480 e. The monoisotopic (exact) mass is 553 g/mol. The van der Waals surface area contributed by atoms with Crippen molar-refractivity contribution in [3.8, 4) is 11.1 Å². The van der Waals surface area contributed by atoms with Gasteiger partial charge in [0.2, 0.25) is 5.91 Å². The smallest absolute Gasteiger partial charge is 0.407 e. The maximum absolute atomic E-state index is 12.9. The molecule has 6 rings (SSSR count). The van der Waals surface area contributed by atoms with E-state index in [4.69, 9.17) is 4.74 Å². The Kier molecular flexibility index (Phi) is 6.73. The number of carbonyl (C=O) groups is 4. The van der Waals surface area contributed by atoms with Gasteiger partial charge in [0.1, 0.15) is 12.6 Å². The number of nitrogens with zero attached hydrogens (tertiary/aromatic N) is 2. The molecule has 9 nitrogen and oxygen atoms in total. The van der Waals surface area contributed by atoms with Crippen LogP contribution in [-0.2, 0) is 20.7 Å². The Balaban J connectivity index is 1.02. The summed E-state index contributed by atoms with van der Waals surface area (Å²) in [5.74, 6) is -1.33. The summed E-state index contributed by atoms with van der Waals surface area (Å²) >= 11 is 0. The standard InChI is InChI=1S/C32H31N3O6/c1-20(36)34-16-32(17-34)18-35(19-32)29(37)22-12-10-21(11-13-22)14-28(30(38)39)33-31(40)41-15-27-25-8-4-2-6-23(25)24-7-3-5-9-26(24)27/h2-13,27-28H,14-19H2,1H3,(H,33,40)(H,38,39)/t28-/m0/s1. The first-order valence-corrected chi connectivity index (χ1v) is 13.7. The lowest BCUT2D eigenvalue weighted by atomic mass is 9.72. The second-order valence-corrected chi connectivity index (χ2v) is 11.3. The number of carboxylic acid groups (broad SMARTS) is 1. The molecular weight excluding hydrogens is 522 g/mol. The van der Waals surface area contributed by atoms with E-state index >= 15 is 0 Å². The fraction of sp³-hybridized carbons (Fsp3) is 0.312. The number of carbonyl (C=O) groups excluding carboxylic acids is 3. The van der Waals surface area contributed by atoms with Gasteiger partial charge in [0.05, 0.1) is 0 Å². The Morgan fingerprint density at radius 2 is 1.44 bits per heavy atom. The van der Waals surface area contributed by atoms with Gasteiger partial charge in [0, 0.05) is 56.4 Å². The molecule has 0 aromatic heterocycles. The predicted octanol–water partition coefficient (Wildman–Crippen LogP) is 3.53. The summed E-state index contributed by atoms with van der Waals surface area (Å²) in [7, 11) is 0. The normalized spacial score (nSPS) is 17.1. The summed E-state index contributed by atoms with van der Waals surface area (Å²) in [4.78, 5) is 52.5. The number of aliphatic carboxylic acids is 1.